The fourth-order valence-corrected chi connectivity index (χ4v) is 6.76. The highest BCUT2D eigenvalue weighted by molar-refractivity contribution is 5.90. The zero-order chi connectivity index (χ0) is 24.2. The Morgan fingerprint density at radius 3 is 2.00 bits per heavy atom. The summed E-state index contributed by atoms with van der Waals surface area (Å²) in [6.07, 6.45) is 6.82. The Hall–Kier alpha value is -2.66. The van der Waals surface area contributed by atoms with Gasteiger partial charge >= 0.3 is 11.9 Å². The number of rotatable bonds is 7. The second-order valence-corrected chi connectivity index (χ2v) is 10.5. The number of likely N-dealkylation sites (tertiary alicyclic amines) is 1. The number of esters is 2. The Morgan fingerprint density at radius 1 is 0.800 bits per heavy atom. The molecule has 35 heavy (non-hydrogen) atoms. The topological polar surface area (TPSA) is 55.8 Å². The summed E-state index contributed by atoms with van der Waals surface area (Å²) in [6, 6.07) is 18.9. The van der Waals surface area contributed by atoms with Crippen LogP contribution < -0.4 is 0 Å². The normalized spacial score (nSPS) is 30.2. The largest absolute Gasteiger partial charge is 0.455 e. The molecular formula is C30H37NO4. The summed E-state index contributed by atoms with van der Waals surface area (Å²) < 4.78 is 12.1. The number of unbranched alkanes of at least 4 members (excludes halogenated alkanes) is 1. The lowest BCUT2D eigenvalue weighted by atomic mass is 9.62. The first-order valence-corrected chi connectivity index (χ1v) is 13.4. The van der Waals surface area contributed by atoms with Crippen LogP contribution in [0.4, 0.5) is 0 Å². The van der Waals surface area contributed by atoms with Crippen molar-refractivity contribution in [3.05, 3.63) is 71.8 Å². The lowest BCUT2D eigenvalue weighted by Gasteiger charge is -2.48. The molecule has 5 nitrogen and oxygen atoms in total. The average molecular weight is 476 g/mol. The van der Waals surface area contributed by atoms with Crippen LogP contribution in [0.1, 0.15) is 72.6 Å². The minimum atomic E-state index is -0.417. The van der Waals surface area contributed by atoms with Crippen molar-refractivity contribution >= 4 is 11.9 Å². The first-order chi connectivity index (χ1) is 17.1. The second-order valence-electron chi connectivity index (χ2n) is 10.5. The molecule has 5 heteroatoms. The summed E-state index contributed by atoms with van der Waals surface area (Å²) in [5.74, 6) is 1.01. The number of ether oxygens (including phenoxy) is 2. The Kier molecular flexibility index (Phi) is 7.52. The molecule has 3 aliphatic rings. The van der Waals surface area contributed by atoms with E-state index in [4.69, 9.17) is 9.47 Å². The third-order valence-electron chi connectivity index (χ3n) is 8.49. The predicted octanol–water partition coefficient (Wildman–Crippen LogP) is 5.75. The fourth-order valence-electron chi connectivity index (χ4n) is 6.76. The van der Waals surface area contributed by atoms with E-state index < -0.39 is 12.2 Å². The molecule has 1 saturated heterocycles. The summed E-state index contributed by atoms with van der Waals surface area (Å²) in [5.41, 5.74) is 1.07. The molecule has 2 saturated carbocycles. The number of carbonyl (C=O) groups excluding carboxylic acids is 2. The van der Waals surface area contributed by atoms with Gasteiger partial charge in [-0.1, -0.05) is 49.7 Å². The molecule has 2 aliphatic carbocycles. The molecule has 0 aromatic heterocycles. The van der Waals surface area contributed by atoms with Gasteiger partial charge in [0.15, 0.2) is 0 Å². The SMILES string of the molecule is CCCCN1CCC2C3CC(OC(=O)c4ccccc4)C(OC(=O)c4ccccc4)CC3CCC21. The van der Waals surface area contributed by atoms with E-state index in [1.165, 1.54) is 38.8 Å². The quantitative estimate of drug-likeness (QED) is 0.478. The fraction of sp³-hybridized carbons (Fsp3) is 0.533. The molecular weight excluding hydrogens is 438 g/mol. The first-order valence-electron chi connectivity index (χ1n) is 13.4. The van der Waals surface area contributed by atoms with Crippen LogP contribution in [0.5, 0.6) is 0 Å². The maximum absolute atomic E-state index is 13.0. The minimum Gasteiger partial charge on any atom is -0.455 e. The van der Waals surface area contributed by atoms with E-state index in [1.807, 2.05) is 36.4 Å². The molecule has 5 rings (SSSR count). The lowest BCUT2D eigenvalue weighted by molar-refractivity contribution is -0.0936. The van der Waals surface area contributed by atoms with Gasteiger partial charge in [0.25, 0.3) is 0 Å². The highest BCUT2D eigenvalue weighted by Gasteiger charge is 2.51. The van der Waals surface area contributed by atoms with Gasteiger partial charge in [-0.25, -0.2) is 9.59 Å². The molecule has 2 aromatic rings. The Morgan fingerprint density at radius 2 is 1.40 bits per heavy atom. The highest BCUT2D eigenvalue weighted by atomic mass is 16.6. The van der Waals surface area contributed by atoms with Crippen molar-refractivity contribution in [2.45, 2.75) is 70.1 Å². The molecule has 0 bridgehead atoms. The van der Waals surface area contributed by atoms with E-state index in [9.17, 15) is 9.59 Å². The van der Waals surface area contributed by atoms with Crippen molar-refractivity contribution in [2.75, 3.05) is 13.1 Å². The second kappa shape index (κ2) is 10.9. The van der Waals surface area contributed by atoms with Crippen molar-refractivity contribution in [1.82, 2.24) is 4.90 Å². The third kappa shape index (κ3) is 5.30. The molecule has 6 atom stereocenters. The Bertz CT molecular complexity index is 994. The summed E-state index contributed by atoms with van der Waals surface area (Å²) in [6.45, 7) is 4.63. The zero-order valence-electron chi connectivity index (χ0n) is 20.7. The van der Waals surface area contributed by atoms with Crippen molar-refractivity contribution in [1.29, 1.82) is 0 Å². The number of nitrogens with zero attached hydrogens (tertiary/aromatic N) is 1. The van der Waals surface area contributed by atoms with Crippen molar-refractivity contribution in [3.63, 3.8) is 0 Å². The Labute approximate surface area is 208 Å². The van der Waals surface area contributed by atoms with Crippen LogP contribution in [0.3, 0.4) is 0 Å². The van der Waals surface area contributed by atoms with Crippen LogP contribution in [-0.4, -0.2) is 48.2 Å². The predicted molar refractivity (Wildman–Crippen MR) is 135 cm³/mol. The van der Waals surface area contributed by atoms with Crippen molar-refractivity contribution in [2.24, 2.45) is 17.8 Å². The third-order valence-corrected chi connectivity index (χ3v) is 8.49. The number of hydrogen-bond acceptors (Lipinski definition) is 5. The number of fused-ring (bicyclic) bond motifs is 3. The van der Waals surface area contributed by atoms with E-state index in [0.29, 0.717) is 34.9 Å². The van der Waals surface area contributed by atoms with Crippen LogP contribution in [0.2, 0.25) is 0 Å². The van der Waals surface area contributed by atoms with Gasteiger partial charge in [-0.3, -0.25) is 0 Å². The monoisotopic (exact) mass is 475 g/mol. The molecule has 1 heterocycles. The van der Waals surface area contributed by atoms with Crippen LogP contribution in [0.25, 0.3) is 0 Å². The lowest BCUT2D eigenvalue weighted by Crippen LogP contribution is -2.50. The molecule has 2 aromatic carbocycles. The summed E-state index contributed by atoms with van der Waals surface area (Å²) in [7, 11) is 0. The van der Waals surface area contributed by atoms with Crippen molar-refractivity contribution < 1.29 is 19.1 Å². The Balaban J connectivity index is 1.33. The minimum absolute atomic E-state index is 0.335. The van der Waals surface area contributed by atoms with Crippen LogP contribution in [0, 0.1) is 17.8 Å². The maximum Gasteiger partial charge on any atom is 0.338 e. The molecule has 1 aliphatic heterocycles. The average Bonchev–Trinajstić information content (AvgIpc) is 3.32. The van der Waals surface area contributed by atoms with Gasteiger partial charge in [-0.15, -0.1) is 0 Å². The smallest absolute Gasteiger partial charge is 0.338 e. The van der Waals surface area contributed by atoms with Crippen molar-refractivity contribution in [3.8, 4) is 0 Å². The van der Waals surface area contributed by atoms with Gasteiger partial charge in [-0.05, 0) is 93.6 Å². The summed E-state index contributed by atoms with van der Waals surface area (Å²) in [4.78, 5) is 28.6. The van der Waals surface area contributed by atoms with Gasteiger partial charge < -0.3 is 14.4 Å². The van der Waals surface area contributed by atoms with Crippen LogP contribution in [0.15, 0.2) is 60.7 Å². The first kappa shape index (κ1) is 24.1. The molecule has 3 fully saturated rings. The molecule has 0 spiro atoms. The number of hydrogen-bond donors (Lipinski definition) is 0. The van der Waals surface area contributed by atoms with Crippen LogP contribution >= 0.6 is 0 Å². The van der Waals surface area contributed by atoms with E-state index in [-0.39, 0.29) is 11.9 Å². The number of carbonyl (C=O) groups is 2. The van der Waals surface area contributed by atoms with Gasteiger partial charge in [-0.2, -0.15) is 0 Å². The van der Waals surface area contributed by atoms with Crippen LogP contribution in [-0.2, 0) is 9.47 Å². The van der Waals surface area contributed by atoms with Gasteiger partial charge in [0.05, 0.1) is 11.1 Å². The van der Waals surface area contributed by atoms with E-state index in [2.05, 4.69) is 11.8 Å². The van der Waals surface area contributed by atoms with E-state index >= 15 is 0 Å². The number of benzene rings is 2. The maximum atomic E-state index is 13.0. The van der Waals surface area contributed by atoms with E-state index in [0.717, 1.165) is 19.3 Å². The summed E-state index contributed by atoms with van der Waals surface area (Å²) >= 11 is 0. The summed E-state index contributed by atoms with van der Waals surface area (Å²) in [5, 5.41) is 0. The molecule has 0 radical (unpaired) electrons. The molecule has 6 unspecified atom stereocenters. The zero-order valence-corrected chi connectivity index (χ0v) is 20.7. The van der Waals surface area contributed by atoms with E-state index in [1.54, 1.807) is 24.3 Å². The van der Waals surface area contributed by atoms with Gasteiger partial charge in [0.2, 0.25) is 0 Å². The molecule has 186 valence electrons. The molecule has 0 N–H and O–H groups in total. The van der Waals surface area contributed by atoms with Gasteiger partial charge in [0.1, 0.15) is 12.2 Å². The highest BCUT2D eigenvalue weighted by Crippen LogP contribution is 2.50. The van der Waals surface area contributed by atoms with Gasteiger partial charge in [0, 0.05) is 6.04 Å². The molecule has 0 amide bonds. The standard InChI is InChI=1S/C30H37NO4/c1-2-3-17-31-18-16-24-25-20-28(35-30(33)22-12-8-5-9-13-22)27(19-23(25)14-15-26(24)31)34-29(32)21-10-6-4-7-11-21/h4-13,23-28H,2-3,14-20H2,1H3.